The van der Waals surface area contributed by atoms with E-state index in [9.17, 15) is 38.7 Å². The van der Waals surface area contributed by atoms with Gasteiger partial charge in [-0.1, -0.05) is 87.8 Å². The number of likely N-dealkylation sites (N-methyl/N-ethyl adjacent to an activating group) is 1. The van der Waals surface area contributed by atoms with Crippen LogP contribution in [0, 0.1) is 35.5 Å². The molecule has 4 fully saturated rings. The minimum Gasteiger partial charge on any atom is -0.497 e. The lowest BCUT2D eigenvalue weighted by molar-refractivity contribution is -0.163. The summed E-state index contributed by atoms with van der Waals surface area (Å²) >= 11 is 0. The number of ketones is 1. The van der Waals surface area contributed by atoms with Crippen LogP contribution in [0.4, 0.5) is 0 Å². The molecule has 21 nitrogen and oxygen atoms in total. The summed E-state index contributed by atoms with van der Waals surface area (Å²) in [7, 11) is 2.92. The van der Waals surface area contributed by atoms with Gasteiger partial charge in [0.15, 0.2) is 11.9 Å². The number of hydrogen-bond acceptors (Lipinski definition) is 14. The van der Waals surface area contributed by atoms with Gasteiger partial charge in [-0.05, 0) is 100 Å². The molecule has 4 heterocycles. The molecule has 1 spiro atoms. The van der Waals surface area contributed by atoms with Crippen LogP contribution in [0.2, 0.25) is 0 Å². The molecule has 1 aromatic rings. The molecule has 5 rings (SSSR count). The highest BCUT2D eigenvalue weighted by molar-refractivity contribution is 6.05. The van der Waals surface area contributed by atoms with Gasteiger partial charge in [-0.3, -0.25) is 43.2 Å². The van der Waals surface area contributed by atoms with E-state index >= 15 is 14.4 Å². The average Bonchev–Trinajstić information content (AvgIpc) is 4.16. The van der Waals surface area contributed by atoms with Crippen molar-refractivity contribution in [1.29, 1.82) is 0 Å². The van der Waals surface area contributed by atoms with Crippen molar-refractivity contribution in [2.45, 2.75) is 207 Å². The van der Waals surface area contributed by atoms with Gasteiger partial charge in [0, 0.05) is 39.0 Å². The molecule has 4 aliphatic rings. The van der Waals surface area contributed by atoms with E-state index in [1.54, 1.807) is 70.7 Å². The van der Waals surface area contributed by atoms with Gasteiger partial charge in [0.05, 0.1) is 31.6 Å². The maximum Gasteiger partial charge on any atom is 0.329 e. The topological polar surface area (TPSA) is 268 Å². The predicted octanol–water partition coefficient (Wildman–Crippen LogP) is 3.74. The van der Waals surface area contributed by atoms with E-state index < -0.39 is 132 Å². The number of methoxy groups -OCH3 is 1. The Kier molecular flexibility index (Phi) is 22.7. The number of Topliss-reactive ketones (excluding diaryl/α,β-unsaturated/α-hetero) is 1. The smallest absolute Gasteiger partial charge is 0.329 e. The Hall–Kier alpha value is -6.12. The quantitative estimate of drug-likeness (QED) is 0.153. The van der Waals surface area contributed by atoms with Gasteiger partial charge in [-0.25, -0.2) is 4.79 Å². The van der Waals surface area contributed by atoms with Crippen molar-refractivity contribution in [2.24, 2.45) is 35.5 Å². The van der Waals surface area contributed by atoms with Crippen molar-refractivity contribution in [3.05, 3.63) is 29.8 Å². The maximum absolute atomic E-state index is 15.1. The van der Waals surface area contributed by atoms with Crippen LogP contribution in [0.15, 0.2) is 24.3 Å². The molecule has 1 aromatic carbocycles. The van der Waals surface area contributed by atoms with Gasteiger partial charge < -0.3 is 54.9 Å². The standard InChI is InChI=1S/C59H91N7O14/c1-15-36(10)47-45(67)31-46(68)80-50(34(6)7)49(69)37(11)51(70)60-41(28-32(2)3)55(74)64-25-16-18-42(64)56(75)63(13)44(30-39-19-21-40(78-14)22-20-39)57(76)79-38(12)48(53(72)61-47)62-52(71)43(29-33(4)5)65-27-24-59(58(65)77)23-17-26-66(59)54(73)35(8)9/h19-22,32-38,41-45,47-48,50,67H,15-18,23-31H2,1-14H3,(H,60,70)(H,61,72)(H,62,71)/t36-,37-,38+,41-,42-,43+,44-,45-,47+,48-,50-,59+/m0/s1. The third-order valence-electron chi connectivity index (χ3n) is 16.5. The number of carbonyl (C=O) groups excluding carboxylic acids is 10. The second-order valence-electron chi connectivity index (χ2n) is 24.2. The number of nitrogens with zero attached hydrogens (tertiary/aromatic N) is 4. The number of cyclic esters (lactones) is 2. The molecule has 4 saturated heterocycles. The third-order valence-corrected chi connectivity index (χ3v) is 16.5. The fourth-order valence-electron chi connectivity index (χ4n) is 11.6. The van der Waals surface area contributed by atoms with Crippen LogP contribution in [0.1, 0.15) is 146 Å². The molecular formula is C59H91N7O14. The number of amides is 7. The minimum atomic E-state index is -1.72. The molecule has 0 unspecified atom stereocenters. The predicted molar refractivity (Wildman–Crippen MR) is 296 cm³/mol. The number of carbonyl (C=O) groups is 10. The van der Waals surface area contributed by atoms with Gasteiger partial charge >= 0.3 is 11.9 Å². The molecule has 0 aliphatic carbocycles. The van der Waals surface area contributed by atoms with Gasteiger partial charge in [-0.2, -0.15) is 0 Å². The first kappa shape index (κ1) is 64.7. The number of ether oxygens (including phenoxy) is 3. The molecule has 0 aromatic heterocycles. The molecule has 446 valence electrons. The van der Waals surface area contributed by atoms with E-state index in [0.717, 1.165) is 0 Å². The zero-order chi connectivity index (χ0) is 59.7. The van der Waals surface area contributed by atoms with Gasteiger partial charge in [0.2, 0.25) is 41.4 Å². The summed E-state index contributed by atoms with van der Waals surface area (Å²) in [4.78, 5) is 151. The fraction of sp³-hybridized carbons (Fsp3) is 0.729. The van der Waals surface area contributed by atoms with Crippen molar-refractivity contribution in [3.63, 3.8) is 0 Å². The summed E-state index contributed by atoms with van der Waals surface area (Å²) in [6, 6.07) is -0.900. The molecular weight excluding hydrogens is 1030 g/mol. The number of aliphatic hydroxyl groups is 1. The number of nitrogens with one attached hydrogen (secondary N) is 3. The lowest BCUT2D eigenvalue weighted by atomic mass is 9.91. The summed E-state index contributed by atoms with van der Waals surface area (Å²) in [5, 5.41) is 20.3. The molecule has 21 heteroatoms. The van der Waals surface area contributed by atoms with E-state index in [2.05, 4.69) is 16.0 Å². The largest absolute Gasteiger partial charge is 0.497 e. The molecule has 4 N–H and O–H groups in total. The van der Waals surface area contributed by atoms with Crippen LogP contribution >= 0.6 is 0 Å². The summed E-state index contributed by atoms with van der Waals surface area (Å²) in [5.74, 6) is -9.59. The number of rotatable bonds is 14. The zero-order valence-corrected chi connectivity index (χ0v) is 49.7. The first-order valence-corrected chi connectivity index (χ1v) is 28.9. The Morgan fingerprint density at radius 1 is 0.838 bits per heavy atom. The number of hydrogen-bond donors (Lipinski definition) is 4. The fourth-order valence-corrected chi connectivity index (χ4v) is 11.6. The van der Waals surface area contributed by atoms with Gasteiger partial charge in [-0.15, -0.1) is 0 Å². The van der Waals surface area contributed by atoms with Crippen molar-refractivity contribution < 1.29 is 67.3 Å². The Bertz CT molecular complexity index is 2410. The Labute approximate surface area is 472 Å². The Balaban J connectivity index is 1.62. The van der Waals surface area contributed by atoms with E-state index in [0.29, 0.717) is 50.0 Å². The Morgan fingerprint density at radius 2 is 1.50 bits per heavy atom. The van der Waals surface area contributed by atoms with E-state index in [1.165, 1.54) is 42.7 Å². The van der Waals surface area contributed by atoms with Crippen LogP contribution in [-0.2, 0) is 63.8 Å². The lowest BCUT2D eigenvalue weighted by Gasteiger charge is -2.37. The van der Waals surface area contributed by atoms with E-state index in [1.807, 2.05) is 27.7 Å². The number of benzene rings is 1. The summed E-state index contributed by atoms with van der Waals surface area (Å²) in [6.07, 6.45) is -2.78. The minimum absolute atomic E-state index is 0.110. The van der Waals surface area contributed by atoms with Crippen molar-refractivity contribution in [2.75, 3.05) is 33.8 Å². The first-order chi connectivity index (χ1) is 37.6. The zero-order valence-electron chi connectivity index (χ0n) is 49.7. The highest BCUT2D eigenvalue weighted by Crippen LogP contribution is 2.41. The number of fused-ring (bicyclic) bond motifs is 1. The van der Waals surface area contributed by atoms with Crippen LogP contribution in [0.5, 0.6) is 5.75 Å². The van der Waals surface area contributed by atoms with Crippen molar-refractivity contribution in [1.82, 2.24) is 35.6 Å². The first-order valence-electron chi connectivity index (χ1n) is 28.9. The molecule has 0 radical (unpaired) electrons. The second kappa shape index (κ2) is 28.0. The Morgan fingerprint density at radius 3 is 2.09 bits per heavy atom. The lowest BCUT2D eigenvalue weighted by Crippen LogP contribution is -2.62. The summed E-state index contributed by atoms with van der Waals surface area (Å²) in [6.45, 7) is 21.3. The van der Waals surface area contributed by atoms with Crippen molar-refractivity contribution in [3.8, 4) is 5.75 Å². The molecule has 0 bridgehead atoms. The highest BCUT2D eigenvalue weighted by Gasteiger charge is 2.57. The third kappa shape index (κ3) is 15.1. The van der Waals surface area contributed by atoms with Crippen LogP contribution in [0.3, 0.4) is 0 Å². The summed E-state index contributed by atoms with van der Waals surface area (Å²) in [5.41, 5.74) is -0.546. The van der Waals surface area contributed by atoms with Crippen LogP contribution < -0.4 is 20.7 Å². The molecule has 7 amide bonds. The SMILES string of the molecule is CC[C@H](C)[C@H]1NC(=O)[C@@H](NC(=O)[C@@H](CC(C)C)N2CC[C@]3(CCCN3C(=O)C(C)C)C2=O)[C@@H](C)OC(=O)[C@H](Cc2ccc(OC)cc2)N(C)C(=O)[C@@H]2CCCN2C(=O)[C@H](CC(C)C)NC(=O)[C@@H](C)C(=O)[C@H](C(C)C)OC(=O)C[C@@H]1O. The number of likely N-dealkylation sites (tertiary alicyclic amines) is 2. The molecule has 4 aliphatic heterocycles. The number of aliphatic hydroxyl groups excluding tert-OH is 1. The molecule has 12 atom stereocenters. The van der Waals surface area contributed by atoms with E-state index in [-0.39, 0.29) is 68.3 Å². The summed E-state index contributed by atoms with van der Waals surface area (Å²) < 4.78 is 17.3. The average molecular weight is 1120 g/mol. The van der Waals surface area contributed by atoms with Crippen LogP contribution in [0.25, 0.3) is 0 Å². The molecule has 0 saturated carbocycles. The molecule has 80 heavy (non-hydrogen) atoms. The van der Waals surface area contributed by atoms with Crippen LogP contribution in [-0.4, -0.2) is 178 Å². The van der Waals surface area contributed by atoms with Gasteiger partial charge in [0.25, 0.3) is 0 Å². The van der Waals surface area contributed by atoms with E-state index in [4.69, 9.17) is 14.2 Å². The second-order valence-corrected chi connectivity index (χ2v) is 24.2. The van der Waals surface area contributed by atoms with Crippen molar-refractivity contribution >= 4 is 59.1 Å². The maximum atomic E-state index is 15.1. The normalized spacial score (nSPS) is 29.1. The number of esters is 2. The van der Waals surface area contributed by atoms with Gasteiger partial charge in [0.1, 0.15) is 47.6 Å². The monoisotopic (exact) mass is 1120 g/mol. The highest BCUT2D eigenvalue weighted by atomic mass is 16.6.